The fraction of sp³-hybridized carbons (Fsp3) is 0.789. The molecule has 660 valence electrons. The molecule has 45 heteroatoms. The van der Waals surface area contributed by atoms with Gasteiger partial charge in [-0.2, -0.15) is 8.78 Å². The highest BCUT2D eigenvalue weighted by Crippen LogP contribution is 2.31. The Balaban J connectivity index is 0.844. The number of hydrogen-bond acceptors (Lipinski definition) is 35. The third-order valence-electron chi connectivity index (χ3n) is 18.5. The van der Waals surface area contributed by atoms with E-state index in [4.69, 9.17) is 75.8 Å². The number of aromatic nitrogens is 9. The summed E-state index contributed by atoms with van der Waals surface area (Å²) in [4.78, 5) is 37.5. The molecular weight excluding hydrogens is 1570 g/mol. The number of unbranched alkanes of at least 4 members (excludes halogenated alkanes) is 1. The molecule has 0 saturated carbocycles. The fourth-order valence-electron chi connectivity index (χ4n) is 11.8. The average molecular weight is 1680 g/mol. The lowest BCUT2D eigenvalue weighted by Gasteiger charge is -2.40. The van der Waals surface area contributed by atoms with Crippen molar-refractivity contribution >= 4 is 17.8 Å². The molecule has 16 atom stereocenters. The van der Waals surface area contributed by atoms with Crippen molar-refractivity contribution < 1.29 is 163 Å². The molecule has 1 aromatic carbocycles. The second-order valence-corrected chi connectivity index (χ2v) is 27.7. The summed E-state index contributed by atoms with van der Waals surface area (Å²) in [6.45, 7) is 6.96. The topological polar surface area (TPSA) is 506 Å². The average Bonchev–Trinajstić information content (AvgIpc) is 1.02. The quantitative estimate of drug-likeness (QED) is 0.00521. The van der Waals surface area contributed by atoms with Crippen molar-refractivity contribution in [2.24, 2.45) is 11.8 Å². The Morgan fingerprint density at radius 3 is 1.22 bits per heavy atom. The van der Waals surface area contributed by atoms with Gasteiger partial charge in [-0.05, 0) is 19.3 Å². The van der Waals surface area contributed by atoms with Crippen molar-refractivity contribution in [1.29, 1.82) is 0 Å². The first kappa shape index (κ1) is 96.8. The molecule has 116 heavy (non-hydrogen) atoms. The highest BCUT2D eigenvalue weighted by Gasteiger charge is 2.46. The van der Waals surface area contributed by atoms with E-state index in [2.05, 4.69) is 46.3 Å². The van der Waals surface area contributed by atoms with Gasteiger partial charge in [-0.15, -0.1) is 15.3 Å². The molecule has 40 nitrogen and oxygen atoms in total. The number of nitrogens with one attached hydrogen (secondary N) is 2. The summed E-state index contributed by atoms with van der Waals surface area (Å²) in [6, 6.07) is -1.21. The van der Waals surface area contributed by atoms with E-state index < -0.39 is 163 Å². The minimum Gasteiger partial charge on any atom is -0.420 e. The van der Waals surface area contributed by atoms with Crippen LogP contribution in [0.2, 0.25) is 0 Å². The fourth-order valence-corrected chi connectivity index (χ4v) is 11.8. The van der Waals surface area contributed by atoms with Crippen LogP contribution in [-0.4, -0.2) is 366 Å². The number of aliphatic hydroxyl groups is 9. The lowest BCUT2D eigenvalue weighted by Crippen LogP contribution is -2.64. The smallest absolute Gasteiger partial charge is 0.313 e. The van der Waals surface area contributed by atoms with E-state index in [1.807, 2.05) is 6.20 Å². The third-order valence-corrected chi connectivity index (χ3v) is 18.5. The van der Waals surface area contributed by atoms with Crippen LogP contribution in [0.3, 0.4) is 0 Å². The van der Waals surface area contributed by atoms with Crippen molar-refractivity contribution in [3.8, 4) is 5.75 Å². The molecule has 2 amide bonds. The van der Waals surface area contributed by atoms with Gasteiger partial charge in [-0.25, -0.2) is 27.2 Å². The Morgan fingerprint density at radius 2 is 0.784 bits per heavy atom. The van der Waals surface area contributed by atoms with Crippen molar-refractivity contribution in [1.82, 2.24) is 55.6 Å². The van der Waals surface area contributed by atoms with Crippen LogP contribution in [0.15, 0.2) is 18.6 Å². The van der Waals surface area contributed by atoms with Gasteiger partial charge in [0.05, 0.1) is 233 Å². The molecular formula is C71H112F5N11O29. The molecule has 3 aliphatic rings. The zero-order valence-corrected chi connectivity index (χ0v) is 65.2. The number of aryl methyl sites for hydroxylation is 1. The van der Waals surface area contributed by atoms with E-state index >= 15 is 0 Å². The maximum Gasteiger partial charge on any atom is 0.313 e. The van der Waals surface area contributed by atoms with Gasteiger partial charge in [0.15, 0.2) is 18.9 Å². The molecule has 6 heterocycles. The Hall–Kier alpha value is -6.30. The molecule has 7 rings (SSSR count). The summed E-state index contributed by atoms with van der Waals surface area (Å²) in [5.41, 5.74) is 0.645. The largest absolute Gasteiger partial charge is 0.420 e. The Morgan fingerprint density at radius 1 is 0.422 bits per heavy atom. The summed E-state index contributed by atoms with van der Waals surface area (Å²) < 4.78 is 169. The van der Waals surface area contributed by atoms with Gasteiger partial charge in [-0.1, -0.05) is 35.9 Å². The molecule has 11 N–H and O–H groups in total. The van der Waals surface area contributed by atoms with Gasteiger partial charge in [0.1, 0.15) is 48.2 Å². The zero-order chi connectivity index (χ0) is 83.8. The number of amides is 2. The molecule has 0 aliphatic carbocycles. The van der Waals surface area contributed by atoms with E-state index in [1.54, 1.807) is 40.3 Å². The molecule has 3 aromatic heterocycles. The summed E-state index contributed by atoms with van der Waals surface area (Å²) >= 11 is 0. The van der Waals surface area contributed by atoms with E-state index in [-0.39, 0.29) is 165 Å². The second kappa shape index (κ2) is 52.7. The van der Waals surface area contributed by atoms with Gasteiger partial charge in [0.2, 0.25) is 46.6 Å². The van der Waals surface area contributed by atoms with Crippen molar-refractivity contribution in [2.75, 3.05) is 172 Å². The molecule has 0 spiro atoms. The van der Waals surface area contributed by atoms with Gasteiger partial charge >= 0.3 is 5.97 Å². The number of benzene rings is 1. The van der Waals surface area contributed by atoms with Gasteiger partial charge in [-0.3, -0.25) is 14.4 Å². The van der Waals surface area contributed by atoms with Crippen molar-refractivity contribution in [2.45, 2.75) is 177 Å². The standard InChI is InChI=1S/C71H112F5N11O29/c1-44-61(91)63(93)50(113-68(44)97)7-5-4-6-47-36-85(82-79-47)12-19-102-24-27-105-30-33-110-41-71(78-53(89)10-17-100-22-23-101-18-11-54(90)116-67-58(75)56(73)55(72)57(74)59(67)76,42-111-34-31-106-28-25-103-20-13-86-37-48(80-83-86)8-15-108-39-51-64(94)62(92)45(2)69(98)114-51)43-112-35-32-107-29-26-104-21-14-87-38-49(81-84-87)9-16-109-40-52-65(95)66(96)60(70(99)115-52)77-46(3)88/h36-38,44-45,50-52,60-66,68-70,91-99H,4-35,39-43H2,1-3H3,(H,77,88)(H,78,89)/t44-,45-,50-,51-,52-,60-,61-,62-,63+,64+,65+,66-,68-,69-,70-,71?/m1/s1. The monoisotopic (exact) mass is 1680 g/mol. The van der Waals surface area contributed by atoms with Crippen LogP contribution in [0.25, 0.3) is 0 Å². The van der Waals surface area contributed by atoms with E-state index in [1.165, 1.54) is 6.92 Å². The van der Waals surface area contributed by atoms with Crippen LogP contribution in [0.4, 0.5) is 22.0 Å². The summed E-state index contributed by atoms with van der Waals surface area (Å²) in [7, 11) is 0. The van der Waals surface area contributed by atoms with Crippen LogP contribution in [-0.2, 0) is 129 Å². The highest BCUT2D eigenvalue weighted by atomic mass is 19.2. The van der Waals surface area contributed by atoms with Gasteiger partial charge < -0.3 is 137 Å². The minimum atomic E-state index is -2.42. The number of halogens is 5. The SMILES string of the molecule is CC(=O)N[C@@H]1[C@@H](O)[C@@H](O)[C@@H](COCCc2cn(CCOCCOCCOCC(COCCOCCOCCn3cc(CCCC[C@H]4O[C@@H](O)[C@H](C)[C@@H](O)[C@H]4O)nn3)(COCCOCCOCCn3cc(CCOC[C@H]4O[C@@H](O)[C@H](C)[C@@H](O)[C@H]4O)nn3)NC(=O)CCOCCOCCC(=O)Oc3c(F)c(F)c(F)c(F)c3F)nn2)O[C@H]1O. The number of esters is 1. The third kappa shape index (κ3) is 33.4. The van der Waals surface area contributed by atoms with Gasteiger partial charge in [0.25, 0.3) is 0 Å². The van der Waals surface area contributed by atoms with Crippen LogP contribution in [0.5, 0.6) is 5.75 Å². The molecule has 3 saturated heterocycles. The molecule has 4 aromatic rings. The summed E-state index contributed by atoms with van der Waals surface area (Å²) in [5.74, 6) is -17.0. The number of nitrogens with zero attached hydrogens (tertiary/aromatic N) is 9. The lowest BCUT2D eigenvalue weighted by molar-refractivity contribution is -0.268. The molecule has 0 bridgehead atoms. The van der Waals surface area contributed by atoms with Gasteiger partial charge in [0, 0.05) is 56.6 Å². The first-order valence-electron chi connectivity index (χ1n) is 38.4. The van der Waals surface area contributed by atoms with E-state index in [9.17, 15) is 82.3 Å². The molecule has 0 radical (unpaired) electrons. The van der Waals surface area contributed by atoms with Crippen LogP contribution >= 0.6 is 0 Å². The number of hydrogen-bond donors (Lipinski definition) is 11. The lowest BCUT2D eigenvalue weighted by atomic mass is 9.90. The number of carbonyl (C=O) groups is 3. The van der Waals surface area contributed by atoms with Crippen LogP contribution < -0.4 is 15.4 Å². The summed E-state index contributed by atoms with van der Waals surface area (Å²) in [6.07, 6.45) is -6.47. The normalized spacial score (nSPS) is 24.2. The Kier molecular flexibility index (Phi) is 44.0. The Bertz CT molecular complexity index is 3310. The Labute approximate surface area is 665 Å². The predicted octanol–water partition coefficient (Wildman–Crippen LogP) is -3.09. The van der Waals surface area contributed by atoms with Crippen molar-refractivity contribution in [3.05, 3.63) is 64.8 Å². The van der Waals surface area contributed by atoms with Crippen LogP contribution in [0, 0.1) is 40.9 Å². The molecule has 3 fully saturated rings. The molecule has 3 aliphatic heterocycles. The predicted molar refractivity (Wildman–Crippen MR) is 382 cm³/mol. The summed E-state index contributed by atoms with van der Waals surface area (Å²) in [5, 5.41) is 122. The number of aliphatic hydroxyl groups excluding tert-OH is 9. The molecule has 1 unspecified atom stereocenters. The maximum absolute atomic E-state index is 14.0. The highest BCUT2D eigenvalue weighted by molar-refractivity contribution is 5.77. The number of rotatable bonds is 60. The number of ether oxygens (including phenoxy) is 17. The zero-order valence-electron chi connectivity index (χ0n) is 65.2. The first-order chi connectivity index (χ1) is 55.8. The minimum absolute atomic E-state index is 0.0424. The number of carbonyl (C=O) groups excluding carboxylic acids is 3. The van der Waals surface area contributed by atoms with E-state index in [0.717, 1.165) is 5.69 Å². The maximum atomic E-state index is 14.0. The first-order valence-corrected chi connectivity index (χ1v) is 38.4. The van der Waals surface area contributed by atoms with E-state index in [0.29, 0.717) is 76.2 Å². The van der Waals surface area contributed by atoms with Crippen LogP contribution in [0.1, 0.15) is 70.0 Å². The van der Waals surface area contributed by atoms with Crippen molar-refractivity contribution in [3.63, 3.8) is 0 Å². The second-order valence-electron chi connectivity index (χ2n) is 27.7.